The fourth-order valence-electron chi connectivity index (χ4n) is 1.34. The van der Waals surface area contributed by atoms with Crippen LogP contribution in [0.15, 0.2) is 18.2 Å². The molecule has 0 aliphatic heterocycles. The first-order chi connectivity index (χ1) is 8.28. The highest BCUT2D eigenvalue weighted by Crippen LogP contribution is 2.20. The maximum Gasteiger partial charge on any atom is 0.389 e. The average molecular weight is 264 g/mol. The zero-order chi connectivity index (χ0) is 13.8. The summed E-state index contributed by atoms with van der Waals surface area (Å²) in [5, 5.41) is 2.26. The Morgan fingerprint density at radius 3 is 2.50 bits per heavy atom. The highest BCUT2D eigenvalue weighted by molar-refractivity contribution is 5.95. The Morgan fingerprint density at radius 2 is 1.94 bits per heavy atom. The van der Waals surface area contributed by atoms with Crippen LogP contribution in [0.25, 0.3) is 0 Å². The van der Waals surface area contributed by atoms with Crippen LogP contribution >= 0.6 is 0 Å². The molecular weight excluding hydrogens is 252 g/mol. The van der Waals surface area contributed by atoms with Crippen molar-refractivity contribution in [1.29, 1.82) is 0 Å². The first kappa shape index (κ1) is 14.3. The molecule has 18 heavy (non-hydrogen) atoms. The topological polar surface area (TPSA) is 55.1 Å². The van der Waals surface area contributed by atoms with Gasteiger partial charge in [0.1, 0.15) is 5.82 Å². The standard InChI is InChI=1S/C11H12F4N2O/c12-8-4-7(5-9(16)6-8)10(18)17-3-1-2-11(13,14)15/h4-6H,1-3,16H2,(H,17,18). The maximum atomic E-state index is 12.9. The van der Waals surface area contributed by atoms with E-state index in [9.17, 15) is 22.4 Å². The summed E-state index contributed by atoms with van der Waals surface area (Å²) in [5.74, 6) is -1.32. The number of hydrogen-bond acceptors (Lipinski definition) is 2. The van der Waals surface area contributed by atoms with Gasteiger partial charge in [0.15, 0.2) is 0 Å². The molecule has 0 saturated carbocycles. The van der Waals surface area contributed by atoms with Gasteiger partial charge in [-0.1, -0.05) is 0 Å². The van der Waals surface area contributed by atoms with Gasteiger partial charge in [0.25, 0.3) is 5.91 Å². The van der Waals surface area contributed by atoms with Crippen LogP contribution in [-0.4, -0.2) is 18.6 Å². The quantitative estimate of drug-likeness (QED) is 0.498. The van der Waals surface area contributed by atoms with Gasteiger partial charge in [-0.15, -0.1) is 0 Å². The lowest BCUT2D eigenvalue weighted by atomic mass is 10.2. The molecule has 3 N–H and O–H groups in total. The summed E-state index contributed by atoms with van der Waals surface area (Å²) in [5.41, 5.74) is 5.41. The summed E-state index contributed by atoms with van der Waals surface area (Å²) >= 11 is 0. The molecule has 0 aliphatic carbocycles. The number of benzene rings is 1. The summed E-state index contributed by atoms with van der Waals surface area (Å²) in [6.07, 6.45) is -5.44. The number of nitrogens with one attached hydrogen (secondary N) is 1. The van der Waals surface area contributed by atoms with Gasteiger partial charge in [0.2, 0.25) is 0 Å². The summed E-state index contributed by atoms with van der Waals surface area (Å²) in [6, 6.07) is 3.26. The summed E-state index contributed by atoms with van der Waals surface area (Å²) in [7, 11) is 0. The molecule has 0 bridgehead atoms. The molecule has 1 aromatic carbocycles. The number of amides is 1. The smallest absolute Gasteiger partial charge is 0.389 e. The molecule has 0 aliphatic rings. The number of nitrogen functional groups attached to an aromatic ring is 1. The van der Waals surface area contributed by atoms with Crippen molar-refractivity contribution in [3.05, 3.63) is 29.6 Å². The zero-order valence-electron chi connectivity index (χ0n) is 9.35. The van der Waals surface area contributed by atoms with Crippen LogP contribution in [0.5, 0.6) is 0 Å². The Hall–Kier alpha value is -1.79. The van der Waals surface area contributed by atoms with E-state index in [1.807, 2.05) is 0 Å². The minimum Gasteiger partial charge on any atom is -0.399 e. The first-order valence-corrected chi connectivity index (χ1v) is 5.19. The molecule has 7 heteroatoms. The predicted octanol–water partition coefficient (Wildman–Crippen LogP) is 2.48. The highest BCUT2D eigenvalue weighted by atomic mass is 19.4. The number of anilines is 1. The second-order valence-corrected chi connectivity index (χ2v) is 3.75. The summed E-state index contributed by atoms with van der Waals surface area (Å²) in [4.78, 5) is 11.5. The molecule has 0 heterocycles. The molecule has 1 rings (SSSR count). The van der Waals surface area contributed by atoms with E-state index in [2.05, 4.69) is 5.32 Å². The van der Waals surface area contributed by atoms with Gasteiger partial charge in [-0.3, -0.25) is 4.79 Å². The van der Waals surface area contributed by atoms with E-state index in [0.29, 0.717) is 0 Å². The number of alkyl halides is 3. The molecule has 3 nitrogen and oxygen atoms in total. The largest absolute Gasteiger partial charge is 0.399 e. The average Bonchev–Trinajstić information content (AvgIpc) is 2.21. The molecule has 1 amide bonds. The maximum absolute atomic E-state index is 12.9. The van der Waals surface area contributed by atoms with E-state index < -0.39 is 24.3 Å². The highest BCUT2D eigenvalue weighted by Gasteiger charge is 2.26. The second-order valence-electron chi connectivity index (χ2n) is 3.75. The number of carbonyl (C=O) groups is 1. The lowest BCUT2D eigenvalue weighted by Gasteiger charge is -2.08. The van der Waals surface area contributed by atoms with Crippen molar-refractivity contribution in [3.8, 4) is 0 Å². The van der Waals surface area contributed by atoms with Crippen LogP contribution in [0.2, 0.25) is 0 Å². The summed E-state index contributed by atoms with van der Waals surface area (Å²) in [6.45, 7) is -0.130. The molecule has 0 fully saturated rings. The van der Waals surface area contributed by atoms with Crippen LogP contribution in [0.1, 0.15) is 23.2 Å². The van der Waals surface area contributed by atoms with Crippen LogP contribution in [0.4, 0.5) is 23.2 Å². The third-order valence-corrected chi connectivity index (χ3v) is 2.10. The van der Waals surface area contributed by atoms with Crippen molar-refractivity contribution in [1.82, 2.24) is 5.32 Å². The summed E-state index contributed by atoms with van der Waals surface area (Å²) < 4.78 is 48.4. The lowest BCUT2D eigenvalue weighted by molar-refractivity contribution is -0.135. The van der Waals surface area contributed by atoms with Gasteiger partial charge < -0.3 is 11.1 Å². The van der Waals surface area contributed by atoms with Crippen molar-refractivity contribution in [2.24, 2.45) is 0 Å². The predicted molar refractivity (Wildman–Crippen MR) is 58.4 cm³/mol. The van der Waals surface area contributed by atoms with Crippen molar-refractivity contribution < 1.29 is 22.4 Å². The number of carbonyl (C=O) groups excluding carboxylic acids is 1. The van der Waals surface area contributed by atoms with Crippen LogP contribution in [0.3, 0.4) is 0 Å². The van der Waals surface area contributed by atoms with Gasteiger partial charge >= 0.3 is 6.18 Å². The van der Waals surface area contributed by atoms with Crippen LogP contribution < -0.4 is 11.1 Å². The normalized spacial score (nSPS) is 11.3. The third-order valence-electron chi connectivity index (χ3n) is 2.10. The Labute approximate surface area is 101 Å². The van der Waals surface area contributed by atoms with Crippen molar-refractivity contribution >= 4 is 11.6 Å². The Kier molecular flexibility index (Phi) is 4.52. The first-order valence-electron chi connectivity index (χ1n) is 5.19. The molecule has 100 valence electrons. The monoisotopic (exact) mass is 264 g/mol. The molecule has 0 spiro atoms. The van der Waals surface area contributed by atoms with Crippen LogP contribution in [-0.2, 0) is 0 Å². The zero-order valence-corrected chi connectivity index (χ0v) is 9.35. The number of halogens is 4. The van der Waals surface area contributed by atoms with Gasteiger partial charge in [-0.2, -0.15) is 13.2 Å². The molecule has 0 aromatic heterocycles. The molecule has 0 unspecified atom stereocenters. The van der Waals surface area contributed by atoms with E-state index in [0.717, 1.165) is 12.1 Å². The molecular formula is C11H12F4N2O. The number of rotatable bonds is 4. The van der Waals surface area contributed by atoms with E-state index in [1.165, 1.54) is 6.07 Å². The SMILES string of the molecule is Nc1cc(F)cc(C(=O)NCCCC(F)(F)F)c1. The number of hydrogen-bond donors (Lipinski definition) is 2. The number of nitrogens with two attached hydrogens (primary N) is 1. The van der Waals surface area contributed by atoms with Gasteiger partial charge in [0, 0.05) is 24.2 Å². The van der Waals surface area contributed by atoms with Crippen LogP contribution in [0, 0.1) is 5.82 Å². The minimum atomic E-state index is -4.24. The van der Waals surface area contributed by atoms with Gasteiger partial charge in [-0.05, 0) is 24.6 Å². The fourth-order valence-corrected chi connectivity index (χ4v) is 1.34. The molecule has 0 radical (unpaired) electrons. The Bertz CT molecular complexity index is 411. The lowest BCUT2D eigenvalue weighted by Crippen LogP contribution is -2.25. The van der Waals surface area contributed by atoms with E-state index in [-0.39, 0.29) is 24.2 Å². The Morgan fingerprint density at radius 1 is 1.28 bits per heavy atom. The second kappa shape index (κ2) is 5.70. The Balaban J connectivity index is 2.46. The third kappa shape index (κ3) is 5.03. The van der Waals surface area contributed by atoms with Gasteiger partial charge in [0.05, 0.1) is 0 Å². The molecule has 0 atom stereocenters. The molecule has 0 saturated heterocycles. The van der Waals surface area contributed by atoms with E-state index in [1.54, 1.807) is 0 Å². The van der Waals surface area contributed by atoms with E-state index in [4.69, 9.17) is 5.73 Å². The minimum absolute atomic E-state index is 0.0143. The van der Waals surface area contributed by atoms with E-state index >= 15 is 0 Å². The fraction of sp³-hybridized carbons (Fsp3) is 0.364. The van der Waals surface area contributed by atoms with Crippen molar-refractivity contribution in [2.75, 3.05) is 12.3 Å². The van der Waals surface area contributed by atoms with Gasteiger partial charge in [-0.25, -0.2) is 4.39 Å². The molecule has 1 aromatic rings. The van der Waals surface area contributed by atoms with Crippen molar-refractivity contribution in [2.45, 2.75) is 19.0 Å². The van der Waals surface area contributed by atoms with Crippen molar-refractivity contribution in [3.63, 3.8) is 0 Å².